The van der Waals surface area contributed by atoms with Gasteiger partial charge < -0.3 is 14.8 Å². The summed E-state index contributed by atoms with van der Waals surface area (Å²) in [6.45, 7) is 5.67. The van der Waals surface area contributed by atoms with E-state index in [1.165, 1.54) is 24.6 Å². The Kier molecular flexibility index (Phi) is 7.61. The summed E-state index contributed by atoms with van der Waals surface area (Å²) >= 11 is 7.60. The highest BCUT2D eigenvalue weighted by Crippen LogP contribution is 2.38. The number of halogens is 1. The first-order valence-electron chi connectivity index (χ1n) is 10.9. The third-order valence-corrected chi connectivity index (χ3v) is 8.63. The first kappa shape index (κ1) is 24.7. The summed E-state index contributed by atoms with van der Waals surface area (Å²) in [5.41, 5.74) is 1.55. The number of nitrogens with zero attached hydrogens (tertiary/aromatic N) is 2. The molecular formula is C23H27ClN4O4S2. The largest absolute Gasteiger partial charge is 0.495 e. The molecule has 3 heterocycles. The molecule has 1 saturated heterocycles. The van der Waals surface area contributed by atoms with E-state index in [0.717, 1.165) is 47.3 Å². The highest BCUT2D eigenvalue weighted by Gasteiger charge is 2.24. The van der Waals surface area contributed by atoms with E-state index in [9.17, 15) is 8.42 Å². The maximum atomic E-state index is 13.2. The van der Waals surface area contributed by atoms with Gasteiger partial charge in [-0.1, -0.05) is 22.9 Å². The van der Waals surface area contributed by atoms with Crippen molar-refractivity contribution in [2.45, 2.75) is 37.6 Å². The highest BCUT2D eigenvalue weighted by atomic mass is 35.5. The van der Waals surface area contributed by atoms with E-state index in [4.69, 9.17) is 21.1 Å². The zero-order valence-corrected chi connectivity index (χ0v) is 21.6. The second kappa shape index (κ2) is 10.5. The van der Waals surface area contributed by atoms with Crippen molar-refractivity contribution < 1.29 is 17.9 Å². The van der Waals surface area contributed by atoms with Crippen molar-refractivity contribution in [1.29, 1.82) is 0 Å². The van der Waals surface area contributed by atoms with Gasteiger partial charge in [0.15, 0.2) is 10.9 Å². The van der Waals surface area contributed by atoms with Crippen LogP contribution in [0, 0.1) is 12.8 Å². The average Bonchev–Trinajstić information content (AvgIpc) is 3.20. The lowest BCUT2D eigenvalue weighted by Crippen LogP contribution is -2.30. The second-order valence-corrected chi connectivity index (χ2v) is 11.2. The smallest absolute Gasteiger partial charge is 0.266 e. The van der Waals surface area contributed by atoms with Gasteiger partial charge in [-0.3, -0.25) is 4.72 Å². The van der Waals surface area contributed by atoms with E-state index >= 15 is 0 Å². The molecular weight excluding hydrogens is 496 g/mol. The first-order chi connectivity index (χ1) is 16.3. The van der Waals surface area contributed by atoms with Crippen LogP contribution >= 0.6 is 22.9 Å². The molecule has 1 aromatic carbocycles. The van der Waals surface area contributed by atoms with Crippen molar-refractivity contribution >= 4 is 43.9 Å². The Morgan fingerprint density at radius 1 is 1.26 bits per heavy atom. The molecule has 1 unspecified atom stereocenters. The van der Waals surface area contributed by atoms with Crippen LogP contribution in [0.5, 0.6) is 5.75 Å². The van der Waals surface area contributed by atoms with Crippen LogP contribution in [0.25, 0.3) is 10.4 Å². The summed E-state index contributed by atoms with van der Waals surface area (Å²) in [5.74, 6) is 0.805. The lowest BCUT2D eigenvalue weighted by Gasteiger charge is -2.28. The molecule has 2 N–H and O–H groups in total. The molecule has 1 fully saturated rings. The normalized spacial score (nSPS) is 15.6. The summed E-state index contributed by atoms with van der Waals surface area (Å²) in [7, 11) is -2.58. The van der Waals surface area contributed by atoms with Gasteiger partial charge in [0.05, 0.1) is 22.7 Å². The SMILES string of the molecule is COc1ccc(-c2sc(NC(C)C3CCOCC3)nc2C)cc1S(=O)(=O)Nc1ncccc1Cl. The Bertz CT molecular complexity index is 1260. The predicted molar refractivity (Wildman–Crippen MR) is 136 cm³/mol. The van der Waals surface area contributed by atoms with Crippen LogP contribution in [-0.2, 0) is 14.8 Å². The number of thiazole rings is 1. The van der Waals surface area contributed by atoms with Crippen molar-refractivity contribution in [2.24, 2.45) is 5.92 Å². The summed E-state index contributed by atoms with van der Waals surface area (Å²) < 4.78 is 39.7. The molecule has 0 aliphatic carbocycles. The Labute approximate surface area is 208 Å². The van der Waals surface area contributed by atoms with E-state index < -0.39 is 10.0 Å². The fourth-order valence-electron chi connectivity index (χ4n) is 3.93. The molecule has 0 radical (unpaired) electrons. The minimum absolute atomic E-state index is 0.00731. The van der Waals surface area contributed by atoms with Crippen LogP contribution < -0.4 is 14.8 Å². The summed E-state index contributed by atoms with van der Waals surface area (Å²) in [5, 5.41) is 4.54. The Hall–Kier alpha value is -2.40. The van der Waals surface area contributed by atoms with Crippen molar-refractivity contribution in [3.05, 3.63) is 47.2 Å². The van der Waals surface area contributed by atoms with E-state index in [1.54, 1.807) is 24.3 Å². The van der Waals surface area contributed by atoms with Gasteiger partial charge in [0.1, 0.15) is 10.6 Å². The molecule has 0 bridgehead atoms. The quantitative estimate of drug-likeness (QED) is 0.419. The zero-order valence-electron chi connectivity index (χ0n) is 19.2. The van der Waals surface area contributed by atoms with Crippen molar-refractivity contribution in [3.63, 3.8) is 0 Å². The zero-order chi connectivity index (χ0) is 24.3. The van der Waals surface area contributed by atoms with Gasteiger partial charge in [0.2, 0.25) is 0 Å². The average molecular weight is 523 g/mol. The number of anilines is 2. The second-order valence-electron chi connectivity index (χ2n) is 8.12. The molecule has 1 aliphatic heterocycles. The molecule has 1 aliphatic rings. The summed E-state index contributed by atoms with van der Waals surface area (Å²) in [6, 6.07) is 8.52. The van der Waals surface area contributed by atoms with Gasteiger partial charge in [-0.05, 0) is 68.5 Å². The minimum atomic E-state index is -4.01. The Balaban J connectivity index is 1.62. The number of rotatable bonds is 8. The Morgan fingerprint density at radius 2 is 2.03 bits per heavy atom. The number of ether oxygens (including phenoxy) is 2. The number of aryl methyl sites for hydroxylation is 1. The predicted octanol–water partition coefficient (Wildman–Crippen LogP) is 5.20. The van der Waals surface area contributed by atoms with Gasteiger partial charge in [-0.25, -0.2) is 18.4 Å². The number of aromatic nitrogens is 2. The fraction of sp³-hybridized carbons (Fsp3) is 0.391. The van der Waals surface area contributed by atoms with Crippen molar-refractivity contribution in [1.82, 2.24) is 9.97 Å². The number of sulfonamides is 1. The van der Waals surface area contributed by atoms with E-state index in [1.807, 2.05) is 13.0 Å². The summed E-state index contributed by atoms with van der Waals surface area (Å²) in [6.07, 6.45) is 3.52. The fourth-order valence-corrected chi connectivity index (χ4v) is 6.43. The van der Waals surface area contributed by atoms with Gasteiger partial charge in [-0.2, -0.15) is 0 Å². The summed E-state index contributed by atoms with van der Waals surface area (Å²) in [4.78, 5) is 9.59. The number of hydrogen-bond acceptors (Lipinski definition) is 8. The molecule has 11 heteroatoms. The molecule has 0 spiro atoms. The first-order valence-corrected chi connectivity index (χ1v) is 13.6. The third kappa shape index (κ3) is 5.46. The highest BCUT2D eigenvalue weighted by molar-refractivity contribution is 7.92. The molecule has 8 nitrogen and oxygen atoms in total. The molecule has 2 aromatic heterocycles. The standard InChI is InChI=1S/C23H27ClN4O4S2/c1-14(16-8-11-32-12-9-16)26-23-27-15(2)21(33-23)17-6-7-19(31-3)20(13-17)34(29,30)28-22-18(24)5-4-10-25-22/h4-7,10,13-14,16H,8-9,11-12H2,1-3H3,(H,25,28)(H,26,27). The maximum Gasteiger partial charge on any atom is 0.266 e. The van der Waals surface area contributed by atoms with Gasteiger partial charge >= 0.3 is 0 Å². The molecule has 1 atom stereocenters. The number of benzene rings is 1. The number of hydrogen-bond donors (Lipinski definition) is 2. The molecule has 34 heavy (non-hydrogen) atoms. The lowest BCUT2D eigenvalue weighted by molar-refractivity contribution is 0.0622. The third-order valence-electron chi connectivity index (χ3n) is 5.83. The van der Waals surface area contributed by atoms with E-state index in [0.29, 0.717) is 5.92 Å². The molecule has 3 aromatic rings. The topological polar surface area (TPSA) is 102 Å². The van der Waals surface area contributed by atoms with Crippen molar-refractivity contribution in [2.75, 3.05) is 30.4 Å². The van der Waals surface area contributed by atoms with Crippen LogP contribution in [0.1, 0.15) is 25.5 Å². The van der Waals surface area contributed by atoms with Crippen molar-refractivity contribution in [3.8, 4) is 16.2 Å². The number of pyridine rings is 1. The van der Waals surface area contributed by atoms with E-state index in [2.05, 4.69) is 26.9 Å². The lowest BCUT2D eigenvalue weighted by atomic mass is 9.93. The monoisotopic (exact) mass is 522 g/mol. The van der Waals surface area contributed by atoms with Crippen LogP contribution in [0.15, 0.2) is 41.4 Å². The van der Waals surface area contributed by atoms with Gasteiger partial charge in [0.25, 0.3) is 10.0 Å². The van der Waals surface area contributed by atoms with Crippen LogP contribution in [-0.4, -0.2) is 44.8 Å². The van der Waals surface area contributed by atoms with Crippen LogP contribution in [0.4, 0.5) is 10.9 Å². The van der Waals surface area contributed by atoms with Crippen LogP contribution in [0.3, 0.4) is 0 Å². The van der Waals surface area contributed by atoms with Crippen LogP contribution in [0.2, 0.25) is 5.02 Å². The minimum Gasteiger partial charge on any atom is -0.495 e. The van der Waals surface area contributed by atoms with E-state index in [-0.39, 0.29) is 27.5 Å². The number of methoxy groups -OCH3 is 1. The van der Waals surface area contributed by atoms with Gasteiger partial charge in [-0.15, -0.1) is 0 Å². The molecule has 182 valence electrons. The Morgan fingerprint density at radius 3 is 2.74 bits per heavy atom. The molecule has 0 saturated carbocycles. The molecule has 4 rings (SSSR count). The molecule has 0 amide bonds. The maximum absolute atomic E-state index is 13.2. The van der Waals surface area contributed by atoms with Gasteiger partial charge in [0, 0.05) is 25.5 Å². The number of nitrogens with one attached hydrogen (secondary N) is 2.